The number of morpholine rings is 1. The van der Waals surface area contributed by atoms with Crippen molar-refractivity contribution in [2.45, 2.75) is 62.5 Å². The average Bonchev–Trinajstić information content (AvgIpc) is 3.79. The van der Waals surface area contributed by atoms with Crippen LogP contribution in [-0.2, 0) is 31.8 Å². The second-order valence-electron chi connectivity index (χ2n) is 13.8. The Morgan fingerprint density at radius 2 is 1.73 bits per heavy atom. The molecule has 4 N–H and O–H groups in total. The summed E-state index contributed by atoms with van der Waals surface area (Å²) in [4.78, 5) is 29.3. The van der Waals surface area contributed by atoms with Gasteiger partial charge in [0.25, 0.3) is 0 Å². The van der Waals surface area contributed by atoms with Crippen LogP contribution in [0.25, 0.3) is 6.08 Å². The van der Waals surface area contributed by atoms with Crippen LogP contribution in [0.2, 0.25) is 0 Å². The molecule has 3 aliphatic rings. The molecule has 0 spiro atoms. The number of aliphatic hydroxyl groups excluding tert-OH is 2. The van der Waals surface area contributed by atoms with E-state index in [1.807, 2.05) is 91.0 Å². The molecule has 3 aromatic carbocycles. The maximum absolute atomic E-state index is 14.0. The van der Waals surface area contributed by atoms with Crippen molar-refractivity contribution in [3.63, 3.8) is 0 Å². The molecule has 11 heteroatoms. The van der Waals surface area contributed by atoms with Crippen LogP contribution in [0.5, 0.6) is 5.75 Å². The summed E-state index contributed by atoms with van der Waals surface area (Å²) in [6.07, 6.45) is 2.90. The Bertz CT molecular complexity index is 1590. The molecule has 2 fully saturated rings. The van der Waals surface area contributed by atoms with Crippen LogP contribution >= 0.6 is 0 Å². The summed E-state index contributed by atoms with van der Waals surface area (Å²) in [5, 5.41) is 28.5. The van der Waals surface area contributed by atoms with E-state index in [9.17, 15) is 19.8 Å². The fraction of sp³-hybridized carbons (Fsp3) is 0.463. The second-order valence-corrected chi connectivity index (χ2v) is 13.8. The molecule has 2 heterocycles. The summed E-state index contributed by atoms with van der Waals surface area (Å²) in [5.74, 6) is -0.150. The number of hydrogen-bond donors (Lipinski definition) is 4. The van der Waals surface area contributed by atoms with Crippen molar-refractivity contribution >= 4 is 18.1 Å². The summed E-state index contributed by atoms with van der Waals surface area (Å²) < 4.78 is 22.3. The first-order valence-corrected chi connectivity index (χ1v) is 18.4. The van der Waals surface area contributed by atoms with Crippen molar-refractivity contribution < 1.29 is 38.7 Å². The van der Waals surface area contributed by atoms with Gasteiger partial charge in [-0.2, -0.15) is 0 Å². The van der Waals surface area contributed by atoms with Gasteiger partial charge in [0.05, 0.1) is 50.7 Å². The number of hydrogen-bond acceptors (Lipinski definition) is 9. The van der Waals surface area contributed by atoms with Crippen LogP contribution < -0.4 is 15.4 Å². The fourth-order valence-electron chi connectivity index (χ4n) is 7.04. The molecule has 278 valence electrons. The third-order valence-corrected chi connectivity index (χ3v) is 10.0. The Hall–Kier alpha value is -4.26. The standard InChI is InChI=1S/C41H51N3O8/c45-37(36(25-30-7-2-1-3-8-30)42-41(48)52-34-17-21-50-28-34)27-32(40(47)43-39-35-12-5-4-10-31(35)26-38(39)46)11-6-9-29-13-15-33(16-14-29)51-24-20-44-18-22-49-23-19-44/h1-10,12-16,32,34,36-39,45-46H,11,17-28H2,(H,42,48)(H,43,47)/t32-,34+,36+,37+,38-,39+/m1/s1. The number of allylic oxidation sites excluding steroid dienone is 1. The number of carbonyl (C=O) groups is 2. The minimum Gasteiger partial charge on any atom is -0.492 e. The number of alkyl carbamates (subject to hydrolysis) is 1. The number of rotatable bonds is 16. The van der Waals surface area contributed by atoms with Crippen LogP contribution in [0, 0.1) is 5.92 Å². The van der Waals surface area contributed by atoms with Gasteiger partial charge >= 0.3 is 6.09 Å². The number of nitrogens with one attached hydrogen (secondary N) is 2. The lowest BCUT2D eigenvalue weighted by Gasteiger charge is -2.28. The normalized spacial score (nSPS) is 22.0. The predicted molar refractivity (Wildman–Crippen MR) is 197 cm³/mol. The van der Waals surface area contributed by atoms with Crippen molar-refractivity contribution in [1.29, 1.82) is 0 Å². The van der Waals surface area contributed by atoms with E-state index < -0.39 is 36.3 Å². The third-order valence-electron chi connectivity index (χ3n) is 10.0. The Kier molecular flexibility index (Phi) is 13.7. The zero-order chi connectivity index (χ0) is 36.1. The van der Waals surface area contributed by atoms with E-state index in [1.54, 1.807) is 0 Å². The van der Waals surface area contributed by atoms with Gasteiger partial charge in [0.1, 0.15) is 18.5 Å². The van der Waals surface area contributed by atoms with E-state index in [1.165, 1.54) is 0 Å². The number of fused-ring (bicyclic) bond motifs is 1. The molecule has 2 saturated heterocycles. The van der Waals surface area contributed by atoms with Crippen LogP contribution in [0.15, 0.2) is 84.9 Å². The number of aliphatic hydroxyl groups is 2. The molecule has 11 nitrogen and oxygen atoms in total. The Morgan fingerprint density at radius 1 is 0.962 bits per heavy atom. The van der Waals surface area contributed by atoms with E-state index in [4.69, 9.17) is 18.9 Å². The number of nitrogens with zero attached hydrogens (tertiary/aromatic N) is 1. The maximum atomic E-state index is 14.0. The zero-order valence-corrected chi connectivity index (χ0v) is 29.6. The van der Waals surface area contributed by atoms with Gasteiger partial charge in [-0.15, -0.1) is 0 Å². The van der Waals surface area contributed by atoms with E-state index in [0.29, 0.717) is 45.5 Å². The summed E-state index contributed by atoms with van der Waals surface area (Å²) in [6, 6.07) is 23.8. The van der Waals surface area contributed by atoms with E-state index >= 15 is 0 Å². The van der Waals surface area contributed by atoms with Crippen LogP contribution in [-0.4, -0.2) is 104 Å². The molecular formula is C41H51N3O8. The number of carbonyl (C=O) groups excluding carboxylic acids is 2. The number of ether oxygens (including phenoxy) is 4. The monoisotopic (exact) mass is 713 g/mol. The minimum absolute atomic E-state index is 0.0703. The van der Waals surface area contributed by atoms with E-state index in [0.717, 1.165) is 60.9 Å². The molecule has 3 aromatic rings. The van der Waals surface area contributed by atoms with Crippen molar-refractivity contribution in [3.05, 3.63) is 107 Å². The van der Waals surface area contributed by atoms with Crippen LogP contribution in [0.3, 0.4) is 0 Å². The van der Waals surface area contributed by atoms with Gasteiger partial charge in [-0.3, -0.25) is 9.69 Å². The molecule has 0 radical (unpaired) electrons. The van der Waals surface area contributed by atoms with Crippen LogP contribution in [0.1, 0.15) is 47.6 Å². The molecular weight excluding hydrogens is 662 g/mol. The first-order chi connectivity index (χ1) is 25.4. The van der Waals surface area contributed by atoms with Gasteiger partial charge < -0.3 is 39.8 Å². The molecule has 52 heavy (non-hydrogen) atoms. The molecule has 0 aromatic heterocycles. The van der Waals surface area contributed by atoms with Crippen molar-refractivity contribution in [2.75, 3.05) is 52.7 Å². The maximum Gasteiger partial charge on any atom is 0.407 e. The quantitative estimate of drug-likeness (QED) is 0.173. The second kappa shape index (κ2) is 19.0. The van der Waals surface area contributed by atoms with Gasteiger partial charge in [0.2, 0.25) is 5.91 Å². The molecule has 2 aliphatic heterocycles. The third kappa shape index (κ3) is 10.9. The SMILES string of the molecule is O=C(N[C@@H](Cc1ccccc1)[C@@H](O)C[C@@H](CC=Cc1ccc(OCCN2CCOCC2)cc1)C(=O)N[C@H]1c2ccccc2C[C@H]1O)O[C@H]1CCOC1. The summed E-state index contributed by atoms with van der Waals surface area (Å²) in [5.41, 5.74) is 3.77. The van der Waals surface area contributed by atoms with Gasteiger partial charge in [-0.25, -0.2) is 4.79 Å². The number of benzene rings is 3. The smallest absolute Gasteiger partial charge is 0.407 e. The van der Waals surface area contributed by atoms with Gasteiger partial charge in [-0.05, 0) is 53.6 Å². The molecule has 6 rings (SSSR count). The van der Waals surface area contributed by atoms with Gasteiger partial charge in [0, 0.05) is 38.4 Å². The number of amides is 2. The zero-order valence-electron chi connectivity index (χ0n) is 29.6. The van der Waals surface area contributed by atoms with E-state index in [-0.39, 0.29) is 18.4 Å². The first kappa shape index (κ1) is 37.5. The fourth-order valence-corrected chi connectivity index (χ4v) is 7.04. The molecule has 6 atom stereocenters. The van der Waals surface area contributed by atoms with Crippen molar-refractivity contribution in [3.8, 4) is 5.75 Å². The predicted octanol–water partition coefficient (Wildman–Crippen LogP) is 4.07. The molecule has 0 bridgehead atoms. The Morgan fingerprint density at radius 3 is 2.50 bits per heavy atom. The van der Waals surface area contributed by atoms with E-state index in [2.05, 4.69) is 15.5 Å². The molecule has 0 saturated carbocycles. The van der Waals surface area contributed by atoms with Crippen molar-refractivity contribution in [2.24, 2.45) is 5.92 Å². The minimum atomic E-state index is -1.08. The van der Waals surface area contributed by atoms with Crippen molar-refractivity contribution in [1.82, 2.24) is 15.5 Å². The van der Waals surface area contributed by atoms with Gasteiger partial charge in [0.15, 0.2) is 0 Å². The lowest BCUT2D eigenvalue weighted by molar-refractivity contribution is -0.127. The lowest BCUT2D eigenvalue weighted by Crippen LogP contribution is -2.48. The molecule has 1 aliphatic carbocycles. The lowest BCUT2D eigenvalue weighted by atomic mass is 9.90. The highest BCUT2D eigenvalue weighted by Gasteiger charge is 2.35. The van der Waals surface area contributed by atoms with Gasteiger partial charge in [-0.1, -0.05) is 78.9 Å². The largest absolute Gasteiger partial charge is 0.492 e. The highest BCUT2D eigenvalue weighted by Crippen LogP contribution is 2.32. The highest BCUT2D eigenvalue weighted by atomic mass is 16.6. The summed E-state index contributed by atoms with van der Waals surface area (Å²) >= 11 is 0. The topological polar surface area (TPSA) is 139 Å². The summed E-state index contributed by atoms with van der Waals surface area (Å²) in [6.45, 7) is 5.68. The molecule has 2 amide bonds. The first-order valence-electron chi connectivity index (χ1n) is 18.4. The molecule has 0 unspecified atom stereocenters. The Labute approximate surface area is 305 Å². The Balaban J connectivity index is 1.13. The average molecular weight is 714 g/mol. The summed E-state index contributed by atoms with van der Waals surface area (Å²) in [7, 11) is 0. The van der Waals surface area contributed by atoms with Crippen LogP contribution in [0.4, 0.5) is 4.79 Å². The highest BCUT2D eigenvalue weighted by molar-refractivity contribution is 5.80.